The number of anilines is 2. The molecule has 2 aromatic rings. The molecule has 0 bridgehead atoms. The number of halogens is 1. The molecule has 1 aromatic heterocycles. The number of carbonyl (C=O) groups is 2. The second-order valence-corrected chi connectivity index (χ2v) is 5.14. The normalized spacial score (nSPS) is 10.3. The first-order valence-corrected chi connectivity index (χ1v) is 6.48. The van der Waals surface area contributed by atoms with Gasteiger partial charge in [-0.1, -0.05) is 11.3 Å². The molecule has 2 N–H and O–H groups in total. The highest BCUT2D eigenvalue weighted by Gasteiger charge is 2.20. The van der Waals surface area contributed by atoms with E-state index in [0.717, 1.165) is 11.3 Å². The number of carboxylic acid groups (broad SMARTS) is 1. The number of hydrogen-bond donors (Lipinski definition) is 2. The SMILES string of the molecule is CC(=O)c1sc(Nc2ccc(F)cc2C)nc1C(=O)O. The van der Waals surface area contributed by atoms with Crippen molar-refractivity contribution in [2.24, 2.45) is 0 Å². The first kappa shape index (κ1) is 14.1. The Morgan fingerprint density at radius 3 is 2.60 bits per heavy atom. The van der Waals surface area contributed by atoms with Crippen LogP contribution < -0.4 is 5.32 Å². The lowest BCUT2D eigenvalue weighted by Crippen LogP contribution is -2.03. The molecule has 1 aromatic carbocycles. The van der Waals surface area contributed by atoms with Crippen LogP contribution in [0.15, 0.2) is 18.2 Å². The Balaban J connectivity index is 2.37. The molecule has 0 radical (unpaired) electrons. The molecule has 0 aliphatic heterocycles. The fraction of sp³-hybridized carbons (Fsp3) is 0.154. The second kappa shape index (κ2) is 5.38. The van der Waals surface area contributed by atoms with E-state index in [1.807, 2.05) is 0 Å². The molecule has 104 valence electrons. The summed E-state index contributed by atoms with van der Waals surface area (Å²) in [6.07, 6.45) is 0. The van der Waals surface area contributed by atoms with Gasteiger partial charge in [-0.2, -0.15) is 0 Å². The third-order valence-corrected chi connectivity index (χ3v) is 3.65. The highest BCUT2D eigenvalue weighted by atomic mass is 32.1. The van der Waals surface area contributed by atoms with E-state index >= 15 is 0 Å². The van der Waals surface area contributed by atoms with Crippen LogP contribution in [0.1, 0.15) is 32.6 Å². The summed E-state index contributed by atoms with van der Waals surface area (Å²) in [5.74, 6) is -1.97. The van der Waals surface area contributed by atoms with Gasteiger partial charge in [0.1, 0.15) is 10.7 Å². The van der Waals surface area contributed by atoms with Gasteiger partial charge in [0.25, 0.3) is 0 Å². The van der Waals surface area contributed by atoms with Crippen LogP contribution in [0.4, 0.5) is 15.2 Å². The Morgan fingerprint density at radius 1 is 1.40 bits per heavy atom. The summed E-state index contributed by atoms with van der Waals surface area (Å²) >= 11 is 0.957. The topological polar surface area (TPSA) is 79.3 Å². The predicted octanol–water partition coefficient (Wildman–Crippen LogP) is 3.24. The fourth-order valence-electron chi connectivity index (χ4n) is 1.64. The van der Waals surface area contributed by atoms with Crippen LogP contribution in [0.2, 0.25) is 0 Å². The average Bonchev–Trinajstić information content (AvgIpc) is 2.77. The van der Waals surface area contributed by atoms with E-state index in [1.165, 1.54) is 25.1 Å². The molecule has 0 fully saturated rings. The number of Topliss-reactive ketones (excluding diaryl/α,β-unsaturated/α-hetero) is 1. The standard InChI is InChI=1S/C13H11FN2O3S/c1-6-5-8(14)3-4-9(6)15-13-16-10(12(18)19)11(20-13)7(2)17/h3-5H,1-2H3,(H,15,16)(H,18,19). The zero-order chi connectivity index (χ0) is 14.9. The second-order valence-electron chi connectivity index (χ2n) is 4.14. The van der Waals surface area contributed by atoms with Crippen LogP contribution in [-0.2, 0) is 0 Å². The van der Waals surface area contributed by atoms with E-state index in [9.17, 15) is 14.0 Å². The molecule has 0 amide bonds. The highest BCUT2D eigenvalue weighted by molar-refractivity contribution is 7.17. The molecule has 0 unspecified atom stereocenters. The van der Waals surface area contributed by atoms with Gasteiger partial charge in [0.05, 0.1) is 0 Å². The molecule has 0 atom stereocenters. The van der Waals surface area contributed by atoms with Crippen LogP contribution >= 0.6 is 11.3 Å². The average molecular weight is 294 g/mol. The molecule has 0 saturated carbocycles. The maximum absolute atomic E-state index is 13.0. The molecule has 0 aliphatic rings. The molecule has 0 spiro atoms. The van der Waals surface area contributed by atoms with Crippen molar-refractivity contribution in [3.63, 3.8) is 0 Å². The van der Waals surface area contributed by atoms with Crippen molar-refractivity contribution in [1.82, 2.24) is 4.98 Å². The number of rotatable bonds is 4. The van der Waals surface area contributed by atoms with Crippen LogP contribution in [-0.4, -0.2) is 21.8 Å². The molecule has 5 nitrogen and oxygen atoms in total. The first-order chi connectivity index (χ1) is 9.38. The predicted molar refractivity (Wildman–Crippen MR) is 73.5 cm³/mol. The lowest BCUT2D eigenvalue weighted by atomic mass is 10.2. The highest BCUT2D eigenvalue weighted by Crippen LogP contribution is 2.28. The van der Waals surface area contributed by atoms with Crippen molar-refractivity contribution in [3.8, 4) is 0 Å². The molecule has 7 heteroatoms. The lowest BCUT2D eigenvalue weighted by Gasteiger charge is -2.05. The molecule has 0 saturated heterocycles. The summed E-state index contributed by atoms with van der Waals surface area (Å²) < 4.78 is 13.0. The Bertz CT molecular complexity index is 665. The van der Waals surface area contributed by atoms with E-state index in [0.29, 0.717) is 11.3 Å². The molecule has 2 rings (SSSR count). The van der Waals surface area contributed by atoms with Crippen molar-refractivity contribution >= 4 is 33.9 Å². The van der Waals surface area contributed by atoms with E-state index in [4.69, 9.17) is 5.11 Å². The van der Waals surface area contributed by atoms with E-state index in [2.05, 4.69) is 10.3 Å². The van der Waals surface area contributed by atoms with Gasteiger partial charge < -0.3 is 10.4 Å². The lowest BCUT2D eigenvalue weighted by molar-refractivity contribution is 0.0687. The minimum atomic E-state index is -1.25. The summed E-state index contributed by atoms with van der Waals surface area (Å²) in [5, 5.41) is 12.2. The maximum atomic E-state index is 13.0. The summed E-state index contributed by atoms with van der Waals surface area (Å²) in [7, 11) is 0. The molecular formula is C13H11FN2O3S. The summed E-state index contributed by atoms with van der Waals surface area (Å²) in [4.78, 5) is 26.4. The van der Waals surface area contributed by atoms with Crippen LogP contribution in [0.5, 0.6) is 0 Å². The number of ketones is 1. The monoisotopic (exact) mass is 294 g/mol. The van der Waals surface area contributed by atoms with Crippen molar-refractivity contribution in [3.05, 3.63) is 40.2 Å². The third-order valence-electron chi connectivity index (χ3n) is 2.58. The van der Waals surface area contributed by atoms with Gasteiger partial charge in [-0.3, -0.25) is 4.79 Å². The van der Waals surface area contributed by atoms with Gasteiger partial charge in [-0.15, -0.1) is 0 Å². The smallest absolute Gasteiger partial charge is 0.356 e. The van der Waals surface area contributed by atoms with E-state index in [1.54, 1.807) is 6.92 Å². The van der Waals surface area contributed by atoms with E-state index in [-0.39, 0.29) is 27.3 Å². The molecule has 20 heavy (non-hydrogen) atoms. The first-order valence-electron chi connectivity index (χ1n) is 5.66. The number of aromatic nitrogens is 1. The number of carboxylic acids is 1. The quantitative estimate of drug-likeness (QED) is 0.846. The molecular weight excluding hydrogens is 283 g/mol. The van der Waals surface area contributed by atoms with E-state index < -0.39 is 5.97 Å². The van der Waals surface area contributed by atoms with Crippen molar-refractivity contribution in [2.45, 2.75) is 13.8 Å². The minimum Gasteiger partial charge on any atom is -0.476 e. The number of carbonyl (C=O) groups excluding carboxylic acids is 1. The summed E-state index contributed by atoms with van der Waals surface area (Å²) in [6.45, 7) is 3.00. The van der Waals surface area contributed by atoms with Crippen LogP contribution in [0.3, 0.4) is 0 Å². The van der Waals surface area contributed by atoms with Crippen molar-refractivity contribution < 1.29 is 19.1 Å². The number of aryl methyl sites for hydroxylation is 1. The Labute approximate surface area is 118 Å². The van der Waals surface area contributed by atoms with Crippen LogP contribution in [0, 0.1) is 12.7 Å². The summed E-state index contributed by atoms with van der Waals surface area (Å²) in [5.41, 5.74) is 0.985. The van der Waals surface area contributed by atoms with Gasteiger partial charge in [0.15, 0.2) is 16.6 Å². The number of thiazole rings is 1. The minimum absolute atomic E-state index is 0.0831. The van der Waals surface area contributed by atoms with Gasteiger partial charge in [-0.05, 0) is 30.7 Å². The van der Waals surface area contributed by atoms with Gasteiger partial charge in [0.2, 0.25) is 0 Å². The number of nitrogens with zero attached hydrogens (tertiary/aromatic N) is 1. The number of benzene rings is 1. The Kier molecular flexibility index (Phi) is 3.80. The molecule has 1 heterocycles. The summed E-state index contributed by atoms with van der Waals surface area (Å²) in [6, 6.07) is 4.16. The molecule has 0 aliphatic carbocycles. The fourth-order valence-corrected chi connectivity index (χ4v) is 2.50. The number of nitrogens with one attached hydrogen (secondary N) is 1. The largest absolute Gasteiger partial charge is 0.476 e. The zero-order valence-electron chi connectivity index (χ0n) is 10.7. The maximum Gasteiger partial charge on any atom is 0.356 e. The Morgan fingerprint density at radius 2 is 2.10 bits per heavy atom. The number of aromatic carboxylic acids is 1. The van der Waals surface area contributed by atoms with Crippen LogP contribution in [0.25, 0.3) is 0 Å². The van der Waals surface area contributed by atoms with Crippen molar-refractivity contribution in [2.75, 3.05) is 5.32 Å². The Hall–Kier alpha value is -2.28. The third kappa shape index (κ3) is 2.83. The zero-order valence-corrected chi connectivity index (χ0v) is 11.5. The van der Waals surface area contributed by atoms with Gasteiger partial charge in [-0.25, -0.2) is 14.2 Å². The van der Waals surface area contributed by atoms with Gasteiger partial charge in [0, 0.05) is 12.6 Å². The van der Waals surface area contributed by atoms with Gasteiger partial charge >= 0.3 is 5.97 Å². The number of hydrogen-bond acceptors (Lipinski definition) is 5. The van der Waals surface area contributed by atoms with Crippen molar-refractivity contribution in [1.29, 1.82) is 0 Å².